The van der Waals surface area contributed by atoms with Crippen LogP contribution in [0, 0.1) is 0 Å². The molecule has 1 aromatic carbocycles. The maximum atomic E-state index is 11.8. The number of esters is 1. The number of fused-ring (bicyclic) bond motifs is 1. The van der Waals surface area contributed by atoms with Crippen molar-refractivity contribution in [2.75, 3.05) is 31.8 Å². The summed E-state index contributed by atoms with van der Waals surface area (Å²) in [6.45, 7) is 4.16. The molecule has 1 aromatic heterocycles. The average molecular weight is 290 g/mol. The lowest BCUT2D eigenvalue weighted by Crippen LogP contribution is -2.45. The third-order valence-electron chi connectivity index (χ3n) is 3.76. The number of rotatable bonds is 3. The largest absolute Gasteiger partial charge is 0.465 e. The summed E-state index contributed by atoms with van der Waals surface area (Å²) < 4.78 is 16.1. The molecular formula is C15H18N2O4. The van der Waals surface area contributed by atoms with Crippen LogP contribution in [-0.2, 0) is 9.47 Å². The molecule has 1 aliphatic heterocycles. The van der Waals surface area contributed by atoms with Gasteiger partial charge in [-0.1, -0.05) is 13.0 Å². The van der Waals surface area contributed by atoms with Crippen molar-refractivity contribution < 1.29 is 18.7 Å². The van der Waals surface area contributed by atoms with E-state index in [0.717, 1.165) is 13.0 Å². The monoisotopic (exact) mass is 290 g/mol. The Hall–Kier alpha value is -2.08. The molecule has 1 fully saturated rings. The minimum Gasteiger partial charge on any atom is -0.465 e. The molecule has 2 heterocycles. The van der Waals surface area contributed by atoms with Crippen LogP contribution in [0.2, 0.25) is 0 Å². The van der Waals surface area contributed by atoms with Crippen LogP contribution in [-0.4, -0.2) is 43.9 Å². The zero-order chi connectivity index (χ0) is 14.8. The highest BCUT2D eigenvalue weighted by atomic mass is 16.5. The summed E-state index contributed by atoms with van der Waals surface area (Å²) in [5.74, 6) is -0.408. The van der Waals surface area contributed by atoms with Gasteiger partial charge in [0.25, 0.3) is 6.01 Å². The number of benzene rings is 1. The lowest BCUT2D eigenvalue weighted by atomic mass is 10.2. The van der Waals surface area contributed by atoms with Gasteiger partial charge in [0.2, 0.25) is 0 Å². The van der Waals surface area contributed by atoms with Crippen molar-refractivity contribution in [3.63, 3.8) is 0 Å². The number of ether oxygens (including phenoxy) is 2. The molecule has 1 aliphatic rings. The molecule has 0 aliphatic carbocycles. The molecule has 0 bridgehead atoms. The minimum atomic E-state index is -0.408. The van der Waals surface area contributed by atoms with Crippen molar-refractivity contribution in [2.24, 2.45) is 0 Å². The first-order chi connectivity index (χ1) is 10.2. The number of nitrogens with zero attached hydrogens (tertiary/aromatic N) is 2. The molecule has 3 rings (SSSR count). The summed E-state index contributed by atoms with van der Waals surface area (Å²) in [4.78, 5) is 18.4. The van der Waals surface area contributed by atoms with E-state index in [1.807, 2.05) is 0 Å². The van der Waals surface area contributed by atoms with Gasteiger partial charge in [0, 0.05) is 6.54 Å². The van der Waals surface area contributed by atoms with Crippen LogP contribution >= 0.6 is 0 Å². The van der Waals surface area contributed by atoms with Crippen molar-refractivity contribution in [1.29, 1.82) is 0 Å². The van der Waals surface area contributed by atoms with Crippen molar-refractivity contribution in [1.82, 2.24) is 4.98 Å². The molecule has 0 spiro atoms. The number of hydrogen-bond acceptors (Lipinski definition) is 6. The number of aromatic nitrogens is 1. The first kappa shape index (κ1) is 13.9. The van der Waals surface area contributed by atoms with Crippen molar-refractivity contribution >= 4 is 23.1 Å². The van der Waals surface area contributed by atoms with Gasteiger partial charge in [-0.05, 0) is 18.6 Å². The van der Waals surface area contributed by atoms with E-state index in [-0.39, 0.29) is 6.04 Å². The highest BCUT2D eigenvalue weighted by Gasteiger charge is 2.26. The molecule has 2 aromatic rings. The Bertz CT molecular complexity index is 652. The second kappa shape index (κ2) is 5.73. The van der Waals surface area contributed by atoms with E-state index in [2.05, 4.69) is 16.8 Å². The SMILES string of the molecule is CC[C@H]1COCCN1c1nc2c(C(=O)OC)cccc2o1. The van der Waals surface area contributed by atoms with E-state index in [1.165, 1.54) is 7.11 Å². The van der Waals surface area contributed by atoms with Crippen LogP contribution in [0.3, 0.4) is 0 Å². The van der Waals surface area contributed by atoms with E-state index in [1.54, 1.807) is 18.2 Å². The zero-order valence-corrected chi connectivity index (χ0v) is 12.2. The maximum absolute atomic E-state index is 11.8. The summed E-state index contributed by atoms with van der Waals surface area (Å²) in [5.41, 5.74) is 1.56. The summed E-state index contributed by atoms with van der Waals surface area (Å²) >= 11 is 0. The molecular weight excluding hydrogens is 272 g/mol. The van der Waals surface area contributed by atoms with Crippen LogP contribution in [0.1, 0.15) is 23.7 Å². The number of hydrogen-bond donors (Lipinski definition) is 0. The molecule has 21 heavy (non-hydrogen) atoms. The molecule has 0 amide bonds. The third-order valence-corrected chi connectivity index (χ3v) is 3.76. The second-order valence-corrected chi connectivity index (χ2v) is 4.97. The predicted molar refractivity (Wildman–Crippen MR) is 77.6 cm³/mol. The van der Waals surface area contributed by atoms with Crippen molar-refractivity contribution in [3.8, 4) is 0 Å². The molecule has 0 radical (unpaired) electrons. The standard InChI is InChI=1S/C15H18N2O4/c1-3-10-9-20-8-7-17(10)15-16-13-11(14(18)19-2)5-4-6-12(13)21-15/h4-6,10H,3,7-9H2,1-2H3/t10-/m0/s1. The van der Waals surface area contributed by atoms with Gasteiger partial charge in [-0.2, -0.15) is 4.98 Å². The number of oxazole rings is 1. The van der Waals surface area contributed by atoms with Gasteiger partial charge in [0.1, 0.15) is 5.52 Å². The first-order valence-electron chi connectivity index (χ1n) is 7.06. The molecule has 6 heteroatoms. The van der Waals surface area contributed by atoms with Gasteiger partial charge in [-0.3, -0.25) is 0 Å². The topological polar surface area (TPSA) is 64.8 Å². The molecule has 1 atom stereocenters. The van der Waals surface area contributed by atoms with E-state index >= 15 is 0 Å². The minimum absolute atomic E-state index is 0.244. The van der Waals surface area contributed by atoms with Crippen LogP contribution in [0.15, 0.2) is 22.6 Å². The molecule has 0 saturated carbocycles. The Balaban J connectivity index is 2.02. The molecule has 0 N–H and O–H groups in total. The highest BCUT2D eigenvalue weighted by Crippen LogP contribution is 2.27. The van der Waals surface area contributed by atoms with Crippen LogP contribution in [0.25, 0.3) is 11.1 Å². The van der Waals surface area contributed by atoms with E-state index in [9.17, 15) is 4.79 Å². The number of carbonyl (C=O) groups excluding carboxylic acids is 1. The Morgan fingerprint density at radius 1 is 1.52 bits per heavy atom. The van der Waals surface area contributed by atoms with E-state index < -0.39 is 5.97 Å². The first-order valence-corrected chi connectivity index (χ1v) is 7.06. The number of para-hydroxylation sites is 1. The van der Waals surface area contributed by atoms with Crippen LogP contribution < -0.4 is 4.90 Å². The van der Waals surface area contributed by atoms with Crippen LogP contribution in [0.5, 0.6) is 0 Å². The van der Waals surface area contributed by atoms with Crippen molar-refractivity contribution in [3.05, 3.63) is 23.8 Å². The summed E-state index contributed by atoms with van der Waals surface area (Å²) in [6.07, 6.45) is 0.947. The summed E-state index contributed by atoms with van der Waals surface area (Å²) in [7, 11) is 1.36. The van der Waals surface area contributed by atoms with Gasteiger partial charge in [0.05, 0.1) is 31.9 Å². The number of morpholine rings is 1. The van der Waals surface area contributed by atoms with Gasteiger partial charge in [-0.15, -0.1) is 0 Å². The van der Waals surface area contributed by atoms with Gasteiger partial charge < -0.3 is 18.8 Å². The Labute approximate surface area is 122 Å². The average Bonchev–Trinajstić information content (AvgIpc) is 2.97. The maximum Gasteiger partial charge on any atom is 0.340 e. The van der Waals surface area contributed by atoms with Crippen molar-refractivity contribution in [2.45, 2.75) is 19.4 Å². The van der Waals surface area contributed by atoms with Gasteiger partial charge >= 0.3 is 5.97 Å². The fourth-order valence-electron chi connectivity index (χ4n) is 2.58. The van der Waals surface area contributed by atoms with E-state index in [4.69, 9.17) is 13.9 Å². The fraction of sp³-hybridized carbons (Fsp3) is 0.467. The van der Waals surface area contributed by atoms with Crippen LogP contribution in [0.4, 0.5) is 6.01 Å². The normalized spacial score (nSPS) is 19.0. The Morgan fingerprint density at radius 2 is 2.38 bits per heavy atom. The Kier molecular flexibility index (Phi) is 3.79. The number of methoxy groups -OCH3 is 1. The second-order valence-electron chi connectivity index (χ2n) is 4.97. The lowest BCUT2D eigenvalue weighted by Gasteiger charge is -2.33. The summed E-state index contributed by atoms with van der Waals surface area (Å²) in [6, 6.07) is 6.04. The third kappa shape index (κ3) is 2.47. The molecule has 112 valence electrons. The fourth-order valence-corrected chi connectivity index (χ4v) is 2.58. The molecule has 6 nitrogen and oxygen atoms in total. The predicted octanol–water partition coefficient (Wildman–Crippen LogP) is 2.23. The molecule has 0 unspecified atom stereocenters. The number of anilines is 1. The van der Waals surface area contributed by atoms with E-state index in [0.29, 0.717) is 35.9 Å². The van der Waals surface area contributed by atoms with Gasteiger partial charge in [-0.25, -0.2) is 4.79 Å². The molecule has 1 saturated heterocycles. The van der Waals surface area contributed by atoms with Gasteiger partial charge in [0.15, 0.2) is 5.58 Å². The summed E-state index contributed by atoms with van der Waals surface area (Å²) in [5, 5.41) is 0. The smallest absolute Gasteiger partial charge is 0.340 e. The zero-order valence-electron chi connectivity index (χ0n) is 12.2. The Morgan fingerprint density at radius 3 is 3.14 bits per heavy atom. The quantitative estimate of drug-likeness (QED) is 0.808. The highest BCUT2D eigenvalue weighted by molar-refractivity contribution is 6.01. The number of carbonyl (C=O) groups is 1. The lowest BCUT2D eigenvalue weighted by molar-refractivity contribution is 0.0602.